The average molecular weight is 514 g/mol. The third kappa shape index (κ3) is 4.71. The summed E-state index contributed by atoms with van der Waals surface area (Å²) in [7, 11) is 0. The Hall–Kier alpha value is -5.01. The van der Waals surface area contributed by atoms with Crippen LogP contribution in [0.5, 0.6) is 0 Å². The molecule has 4 aromatic carbocycles. The Labute approximate surface area is 225 Å². The summed E-state index contributed by atoms with van der Waals surface area (Å²) in [5.74, 6) is 0.501. The third-order valence-corrected chi connectivity index (χ3v) is 6.69. The smallest absolute Gasteiger partial charge is 0.255 e. The van der Waals surface area contributed by atoms with Crippen molar-refractivity contribution in [3.63, 3.8) is 0 Å². The first-order chi connectivity index (χ1) is 18.9. The molecule has 192 valence electrons. The lowest BCUT2D eigenvalue weighted by Crippen LogP contribution is -2.28. The van der Waals surface area contributed by atoms with Gasteiger partial charge in [0.1, 0.15) is 17.7 Å². The van der Waals surface area contributed by atoms with Crippen molar-refractivity contribution in [2.24, 2.45) is 5.73 Å². The van der Waals surface area contributed by atoms with Crippen LogP contribution >= 0.6 is 0 Å². The monoisotopic (exact) mass is 513 g/mol. The summed E-state index contributed by atoms with van der Waals surface area (Å²) in [5, 5.41) is 5.05. The van der Waals surface area contributed by atoms with Crippen molar-refractivity contribution in [1.29, 1.82) is 0 Å². The van der Waals surface area contributed by atoms with Crippen molar-refractivity contribution in [3.8, 4) is 0 Å². The Morgan fingerprint density at radius 2 is 1.62 bits per heavy atom. The quantitative estimate of drug-likeness (QED) is 0.243. The SMILES string of the molecule is CC(C)(N)c1ccc(C(=O)Nc2ccc(N(c3ccncn3)c3cccc4c3oc3ccccc34)cc2)cc1. The van der Waals surface area contributed by atoms with Gasteiger partial charge in [-0.05, 0) is 74.0 Å². The average Bonchev–Trinajstić information content (AvgIpc) is 3.34. The summed E-state index contributed by atoms with van der Waals surface area (Å²) in [6.07, 6.45) is 3.23. The highest BCUT2D eigenvalue weighted by Gasteiger charge is 2.20. The summed E-state index contributed by atoms with van der Waals surface area (Å²) in [4.78, 5) is 23.5. The molecule has 0 unspecified atom stereocenters. The molecule has 0 bridgehead atoms. The van der Waals surface area contributed by atoms with Gasteiger partial charge in [0, 0.05) is 39.4 Å². The van der Waals surface area contributed by atoms with Crippen LogP contribution < -0.4 is 16.0 Å². The summed E-state index contributed by atoms with van der Waals surface area (Å²) in [6, 6.07) is 30.9. The Balaban J connectivity index is 1.34. The lowest BCUT2D eigenvalue weighted by Gasteiger charge is -2.24. The number of benzene rings is 4. The minimum atomic E-state index is -0.465. The minimum absolute atomic E-state index is 0.191. The van der Waals surface area contributed by atoms with Gasteiger partial charge in [-0.15, -0.1) is 0 Å². The molecule has 6 rings (SSSR count). The second kappa shape index (κ2) is 9.70. The standard InChI is InChI=1S/C32H27N5O2/c1-32(2,33)22-12-10-21(11-13-22)31(38)36-23-14-16-24(17-15-23)37(29-18-19-34-20-35-29)27-8-5-7-26-25-6-3-4-9-28(25)39-30(26)27/h3-20H,33H2,1-2H3,(H,36,38). The van der Waals surface area contributed by atoms with E-state index in [9.17, 15) is 4.79 Å². The van der Waals surface area contributed by atoms with Crippen molar-refractivity contribution in [2.45, 2.75) is 19.4 Å². The molecule has 3 N–H and O–H groups in total. The maximum absolute atomic E-state index is 12.9. The van der Waals surface area contributed by atoms with Gasteiger partial charge in [0.15, 0.2) is 5.58 Å². The largest absolute Gasteiger partial charge is 0.454 e. The number of nitrogens with zero attached hydrogens (tertiary/aromatic N) is 3. The number of hydrogen-bond acceptors (Lipinski definition) is 6. The molecule has 7 nitrogen and oxygen atoms in total. The van der Waals surface area contributed by atoms with E-state index in [-0.39, 0.29) is 5.91 Å². The molecule has 6 aromatic rings. The van der Waals surface area contributed by atoms with Gasteiger partial charge in [-0.1, -0.05) is 42.5 Å². The van der Waals surface area contributed by atoms with E-state index in [1.165, 1.54) is 6.33 Å². The van der Waals surface area contributed by atoms with E-state index < -0.39 is 5.54 Å². The molecule has 7 heteroatoms. The van der Waals surface area contributed by atoms with Gasteiger partial charge in [-0.3, -0.25) is 9.69 Å². The Kier molecular flexibility index (Phi) is 6.05. The lowest BCUT2D eigenvalue weighted by molar-refractivity contribution is 0.102. The van der Waals surface area contributed by atoms with E-state index in [0.717, 1.165) is 38.9 Å². The van der Waals surface area contributed by atoms with Crippen LogP contribution in [0.4, 0.5) is 22.9 Å². The van der Waals surface area contributed by atoms with Crippen molar-refractivity contribution in [2.75, 3.05) is 10.2 Å². The first-order valence-corrected chi connectivity index (χ1v) is 12.7. The van der Waals surface area contributed by atoms with E-state index in [1.807, 2.05) is 91.5 Å². The Morgan fingerprint density at radius 3 is 2.33 bits per heavy atom. The fourth-order valence-corrected chi connectivity index (χ4v) is 4.67. The maximum atomic E-state index is 12.9. The molecular weight excluding hydrogens is 486 g/mol. The molecule has 0 aliphatic heterocycles. The number of furan rings is 1. The fraction of sp³-hybridized carbons (Fsp3) is 0.0938. The lowest BCUT2D eigenvalue weighted by atomic mass is 9.95. The van der Waals surface area contributed by atoms with Crippen molar-refractivity contribution < 1.29 is 9.21 Å². The molecule has 0 saturated heterocycles. The van der Waals surface area contributed by atoms with E-state index >= 15 is 0 Å². The molecule has 1 amide bonds. The topological polar surface area (TPSA) is 97.3 Å². The van der Waals surface area contributed by atoms with Gasteiger partial charge in [-0.25, -0.2) is 9.97 Å². The van der Waals surface area contributed by atoms with Crippen LogP contribution in [-0.4, -0.2) is 15.9 Å². The van der Waals surface area contributed by atoms with Crippen molar-refractivity contribution in [3.05, 3.63) is 121 Å². The first-order valence-electron chi connectivity index (χ1n) is 12.7. The summed E-state index contributed by atoms with van der Waals surface area (Å²) in [5.41, 5.74) is 11.2. The molecular formula is C32H27N5O2. The van der Waals surface area contributed by atoms with Gasteiger partial charge in [-0.2, -0.15) is 0 Å². The predicted octanol–water partition coefficient (Wildman–Crippen LogP) is 7.29. The number of amides is 1. The van der Waals surface area contributed by atoms with Crippen molar-refractivity contribution in [1.82, 2.24) is 9.97 Å². The zero-order valence-electron chi connectivity index (χ0n) is 21.6. The van der Waals surface area contributed by atoms with E-state index in [0.29, 0.717) is 17.1 Å². The van der Waals surface area contributed by atoms with Gasteiger partial charge in [0.25, 0.3) is 5.91 Å². The Bertz CT molecular complexity index is 1770. The van der Waals surface area contributed by atoms with Gasteiger partial charge in [0.2, 0.25) is 0 Å². The molecule has 0 atom stereocenters. The maximum Gasteiger partial charge on any atom is 0.255 e. The second-order valence-corrected chi connectivity index (χ2v) is 9.96. The number of aromatic nitrogens is 2. The van der Waals surface area contributed by atoms with Crippen LogP contribution in [0.3, 0.4) is 0 Å². The molecule has 2 heterocycles. The number of para-hydroxylation sites is 2. The van der Waals surface area contributed by atoms with Crippen LogP contribution in [0.2, 0.25) is 0 Å². The van der Waals surface area contributed by atoms with Crippen LogP contribution in [0, 0.1) is 0 Å². The van der Waals surface area contributed by atoms with E-state index in [1.54, 1.807) is 18.3 Å². The minimum Gasteiger partial charge on any atom is -0.454 e. The number of rotatable bonds is 6. The zero-order chi connectivity index (χ0) is 27.0. The number of fused-ring (bicyclic) bond motifs is 3. The summed E-state index contributed by atoms with van der Waals surface area (Å²) < 4.78 is 6.31. The predicted molar refractivity (Wildman–Crippen MR) is 156 cm³/mol. The number of nitrogens with one attached hydrogen (secondary N) is 1. The highest BCUT2D eigenvalue weighted by molar-refractivity contribution is 6.10. The summed E-state index contributed by atoms with van der Waals surface area (Å²) in [6.45, 7) is 3.87. The first kappa shape index (κ1) is 24.3. The molecule has 0 aliphatic rings. The van der Waals surface area contributed by atoms with Gasteiger partial charge >= 0.3 is 0 Å². The number of nitrogens with two attached hydrogens (primary N) is 1. The number of hydrogen-bond donors (Lipinski definition) is 2. The van der Waals surface area contributed by atoms with Crippen LogP contribution in [0.1, 0.15) is 29.8 Å². The summed E-state index contributed by atoms with van der Waals surface area (Å²) >= 11 is 0. The molecule has 0 radical (unpaired) electrons. The van der Waals surface area contributed by atoms with Crippen LogP contribution in [0.15, 0.2) is 114 Å². The molecule has 2 aromatic heterocycles. The number of anilines is 4. The Morgan fingerprint density at radius 1 is 0.872 bits per heavy atom. The molecule has 0 saturated carbocycles. The fourth-order valence-electron chi connectivity index (χ4n) is 4.67. The van der Waals surface area contributed by atoms with Crippen molar-refractivity contribution >= 4 is 50.7 Å². The van der Waals surface area contributed by atoms with Crippen LogP contribution in [0.25, 0.3) is 21.9 Å². The molecule has 0 spiro atoms. The van der Waals surface area contributed by atoms with E-state index in [4.69, 9.17) is 10.2 Å². The highest BCUT2D eigenvalue weighted by atomic mass is 16.3. The second-order valence-electron chi connectivity index (χ2n) is 9.96. The zero-order valence-corrected chi connectivity index (χ0v) is 21.6. The normalized spacial score (nSPS) is 11.6. The third-order valence-electron chi connectivity index (χ3n) is 6.69. The van der Waals surface area contributed by atoms with Gasteiger partial charge in [0.05, 0.1) is 5.69 Å². The highest BCUT2D eigenvalue weighted by Crippen LogP contribution is 2.41. The van der Waals surface area contributed by atoms with E-state index in [2.05, 4.69) is 27.4 Å². The van der Waals surface area contributed by atoms with Crippen LogP contribution in [-0.2, 0) is 5.54 Å². The number of carbonyl (C=O) groups excluding carboxylic acids is 1. The van der Waals surface area contributed by atoms with Gasteiger partial charge < -0.3 is 15.5 Å². The molecule has 39 heavy (non-hydrogen) atoms. The molecule has 0 fully saturated rings. The number of carbonyl (C=O) groups is 1. The molecule has 0 aliphatic carbocycles.